The number of ether oxygens (including phenoxy) is 1. The number of hydrogen-bond donors (Lipinski definition) is 1. The van der Waals surface area contributed by atoms with Gasteiger partial charge in [-0.05, 0) is 42.8 Å². The Bertz CT molecular complexity index is 1380. The van der Waals surface area contributed by atoms with E-state index < -0.39 is 0 Å². The minimum Gasteiger partial charge on any atom is -0.497 e. The van der Waals surface area contributed by atoms with Crippen molar-refractivity contribution in [2.45, 2.75) is 33.0 Å². The third-order valence-corrected chi connectivity index (χ3v) is 6.38. The van der Waals surface area contributed by atoms with E-state index in [1.807, 2.05) is 47.1 Å². The van der Waals surface area contributed by atoms with Crippen molar-refractivity contribution in [1.29, 1.82) is 0 Å². The lowest BCUT2D eigenvalue weighted by molar-refractivity contribution is 0.0728. The lowest BCUT2D eigenvalue weighted by atomic mass is 10.0. The van der Waals surface area contributed by atoms with Crippen molar-refractivity contribution in [2.24, 2.45) is 0 Å². The van der Waals surface area contributed by atoms with Crippen molar-refractivity contribution < 1.29 is 18.7 Å². The van der Waals surface area contributed by atoms with Crippen LogP contribution in [0.15, 0.2) is 65.4 Å². The Balaban J connectivity index is 1.41. The number of pyridine rings is 1. The summed E-state index contributed by atoms with van der Waals surface area (Å²) >= 11 is 0. The molecular formula is C27H27N5O4. The van der Waals surface area contributed by atoms with Crippen LogP contribution in [-0.2, 0) is 26.1 Å². The Morgan fingerprint density at radius 3 is 2.67 bits per heavy atom. The maximum atomic E-state index is 13.3. The molecule has 0 bridgehead atoms. The summed E-state index contributed by atoms with van der Waals surface area (Å²) in [6.45, 7) is 3.39. The topological polar surface area (TPSA) is 102 Å². The second kappa shape index (κ2) is 10.1. The van der Waals surface area contributed by atoms with Crippen LogP contribution in [-0.4, -0.2) is 45.1 Å². The molecule has 9 nitrogen and oxygen atoms in total. The molecule has 2 amide bonds. The summed E-state index contributed by atoms with van der Waals surface area (Å²) in [6, 6.07) is 14.9. The van der Waals surface area contributed by atoms with Crippen LogP contribution in [0.25, 0.3) is 0 Å². The van der Waals surface area contributed by atoms with Gasteiger partial charge in [0.1, 0.15) is 11.5 Å². The third kappa shape index (κ3) is 4.72. The van der Waals surface area contributed by atoms with Crippen molar-refractivity contribution in [3.63, 3.8) is 0 Å². The predicted octanol–water partition coefficient (Wildman–Crippen LogP) is 3.36. The number of carbonyl (C=O) groups is 2. The average molecular weight is 486 g/mol. The fourth-order valence-corrected chi connectivity index (χ4v) is 4.41. The van der Waals surface area contributed by atoms with Gasteiger partial charge in [-0.25, -0.2) is 0 Å². The Morgan fingerprint density at radius 1 is 1.14 bits per heavy atom. The summed E-state index contributed by atoms with van der Waals surface area (Å²) in [5, 5.41) is 7.66. The highest BCUT2D eigenvalue weighted by Crippen LogP contribution is 2.26. The number of nitrogens with zero attached hydrogens (tertiary/aromatic N) is 4. The number of rotatable bonds is 7. The van der Waals surface area contributed by atoms with E-state index in [-0.39, 0.29) is 11.8 Å². The summed E-state index contributed by atoms with van der Waals surface area (Å²) in [7, 11) is 1.61. The van der Waals surface area contributed by atoms with Crippen LogP contribution in [0.5, 0.6) is 5.75 Å². The van der Waals surface area contributed by atoms with Gasteiger partial charge in [-0.3, -0.25) is 19.3 Å². The van der Waals surface area contributed by atoms with Crippen LogP contribution in [0.1, 0.15) is 49.1 Å². The molecule has 1 N–H and O–H groups in total. The number of nitrogens with one attached hydrogen (secondary N) is 1. The quantitative estimate of drug-likeness (QED) is 0.431. The summed E-state index contributed by atoms with van der Waals surface area (Å²) < 4.78 is 12.4. The van der Waals surface area contributed by atoms with Crippen LogP contribution < -0.4 is 10.1 Å². The van der Waals surface area contributed by atoms with Crippen molar-refractivity contribution in [2.75, 3.05) is 13.7 Å². The molecule has 1 aliphatic heterocycles. The number of methoxy groups -OCH3 is 1. The molecule has 4 aromatic rings. The van der Waals surface area contributed by atoms with Crippen molar-refractivity contribution in [1.82, 2.24) is 25.0 Å². The smallest absolute Gasteiger partial charge is 0.272 e. The number of furan rings is 1. The van der Waals surface area contributed by atoms with Gasteiger partial charge in [0.2, 0.25) is 0 Å². The Morgan fingerprint density at radius 2 is 1.97 bits per heavy atom. The summed E-state index contributed by atoms with van der Waals surface area (Å²) in [5.41, 5.74) is 4.36. The first-order chi connectivity index (χ1) is 17.5. The molecule has 9 heteroatoms. The van der Waals surface area contributed by atoms with E-state index in [2.05, 4.69) is 15.4 Å². The van der Waals surface area contributed by atoms with Gasteiger partial charge in [0.15, 0.2) is 5.69 Å². The number of fused-ring (bicyclic) bond motifs is 1. The van der Waals surface area contributed by atoms with E-state index in [1.165, 1.54) is 6.26 Å². The number of hydrogen-bond acceptors (Lipinski definition) is 6. The molecule has 0 saturated carbocycles. The van der Waals surface area contributed by atoms with Gasteiger partial charge in [0.25, 0.3) is 11.8 Å². The van der Waals surface area contributed by atoms with E-state index in [0.717, 1.165) is 28.3 Å². The van der Waals surface area contributed by atoms with Gasteiger partial charge in [-0.1, -0.05) is 18.2 Å². The minimum absolute atomic E-state index is 0.117. The number of carbonyl (C=O) groups excluding carboxylic acids is 2. The zero-order valence-electron chi connectivity index (χ0n) is 20.2. The van der Waals surface area contributed by atoms with E-state index in [1.54, 1.807) is 31.2 Å². The molecule has 0 saturated heterocycles. The second-order valence-corrected chi connectivity index (χ2v) is 8.65. The predicted molar refractivity (Wildman–Crippen MR) is 132 cm³/mol. The zero-order chi connectivity index (χ0) is 25.1. The molecule has 3 aromatic heterocycles. The first-order valence-corrected chi connectivity index (χ1v) is 11.8. The standard InChI is InChI=1S/C27H27N5O4/c1-18-22(11-14-36-18)27(34)31-13-10-24-23(17-31)25(30-32(24)16-20-5-3-4-12-28-20)26(33)29-15-19-6-8-21(35-2)9-7-19/h3-9,11-12,14H,10,13,15-17H2,1-2H3,(H,29,33). The second-order valence-electron chi connectivity index (χ2n) is 8.65. The summed E-state index contributed by atoms with van der Waals surface area (Å²) in [4.78, 5) is 32.6. The van der Waals surface area contributed by atoms with Gasteiger partial charge in [0, 0.05) is 37.0 Å². The zero-order valence-corrected chi connectivity index (χ0v) is 20.2. The molecule has 1 aromatic carbocycles. The molecule has 0 atom stereocenters. The minimum atomic E-state index is -0.282. The molecule has 36 heavy (non-hydrogen) atoms. The Labute approximate surface area is 208 Å². The van der Waals surface area contributed by atoms with Gasteiger partial charge in [-0.15, -0.1) is 0 Å². The fourth-order valence-electron chi connectivity index (χ4n) is 4.41. The van der Waals surface area contributed by atoms with Crippen molar-refractivity contribution >= 4 is 11.8 Å². The van der Waals surface area contributed by atoms with Gasteiger partial charge in [0.05, 0.1) is 37.7 Å². The molecule has 0 unspecified atom stereocenters. The number of aryl methyl sites for hydroxylation is 1. The lowest BCUT2D eigenvalue weighted by Gasteiger charge is -2.27. The summed E-state index contributed by atoms with van der Waals surface area (Å²) in [5.74, 6) is 0.934. The largest absolute Gasteiger partial charge is 0.497 e. The van der Waals surface area contributed by atoms with E-state index in [9.17, 15) is 9.59 Å². The van der Waals surface area contributed by atoms with Gasteiger partial charge >= 0.3 is 0 Å². The van der Waals surface area contributed by atoms with Gasteiger partial charge < -0.3 is 19.4 Å². The van der Waals surface area contributed by atoms with Crippen LogP contribution in [0.3, 0.4) is 0 Å². The fraction of sp³-hybridized carbons (Fsp3) is 0.259. The van der Waals surface area contributed by atoms with Crippen LogP contribution in [0.4, 0.5) is 0 Å². The molecule has 4 heterocycles. The number of aromatic nitrogens is 3. The highest BCUT2D eigenvalue weighted by molar-refractivity contribution is 5.96. The molecular weight excluding hydrogens is 458 g/mol. The van der Waals surface area contributed by atoms with Crippen LogP contribution in [0.2, 0.25) is 0 Å². The molecule has 1 aliphatic rings. The van der Waals surface area contributed by atoms with Crippen molar-refractivity contribution in [3.05, 3.63) is 101 Å². The van der Waals surface area contributed by atoms with Crippen LogP contribution >= 0.6 is 0 Å². The number of benzene rings is 1. The highest BCUT2D eigenvalue weighted by atomic mass is 16.5. The monoisotopic (exact) mass is 485 g/mol. The SMILES string of the molecule is COc1ccc(CNC(=O)c2nn(Cc3ccccn3)c3c2CN(C(=O)c2ccoc2C)CC3)cc1. The average Bonchev–Trinajstić information content (AvgIpc) is 3.51. The first-order valence-electron chi connectivity index (χ1n) is 11.8. The normalized spacial score (nSPS) is 12.8. The van der Waals surface area contributed by atoms with E-state index in [0.29, 0.717) is 49.6 Å². The molecule has 5 rings (SSSR count). The van der Waals surface area contributed by atoms with E-state index >= 15 is 0 Å². The highest BCUT2D eigenvalue weighted by Gasteiger charge is 2.31. The first kappa shape index (κ1) is 23.3. The summed E-state index contributed by atoms with van der Waals surface area (Å²) in [6.07, 6.45) is 3.84. The maximum Gasteiger partial charge on any atom is 0.272 e. The number of amides is 2. The van der Waals surface area contributed by atoms with Crippen molar-refractivity contribution in [3.8, 4) is 5.75 Å². The molecule has 0 spiro atoms. The molecule has 0 aliphatic carbocycles. The van der Waals surface area contributed by atoms with E-state index in [4.69, 9.17) is 9.15 Å². The Kier molecular flexibility index (Phi) is 6.53. The molecule has 0 radical (unpaired) electrons. The molecule has 0 fully saturated rings. The Hall–Kier alpha value is -4.40. The van der Waals surface area contributed by atoms with Gasteiger partial charge in [-0.2, -0.15) is 5.10 Å². The molecule has 184 valence electrons. The lowest BCUT2D eigenvalue weighted by Crippen LogP contribution is -2.37. The van der Waals surface area contributed by atoms with Crippen LogP contribution in [0, 0.1) is 6.92 Å². The maximum absolute atomic E-state index is 13.3. The third-order valence-electron chi connectivity index (χ3n) is 6.38.